The highest BCUT2D eigenvalue weighted by Gasteiger charge is 2.27. The van der Waals surface area contributed by atoms with Crippen LogP contribution in [0.15, 0.2) is 48.1 Å². The van der Waals surface area contributed by atoms with E-state index in [0.29, 0.717) is 0 Å². The molecule has 0 heteroatoms. The zero-order chi connectivity index (χ0) is 16.1. The molecule has 0 N–H and O–H groups in total. The summed E-state index contributed by atoms with van der Waals surface area (Å²) in [7, 11) is 0. The third-order valence-electron chi connectivity index (χ3n) is 6.05. The Morgan fingerprint density at radius 1 is 0.957 bits per heavy atom. The first-order valence-electron chi connectivity index (χ1n) is 9.61. The summed E-state index contributed by atoms with van der Waals surface area (Å²) >= 11 is 0. The highest BCUT2D eigenvalue weighted by molar-refractivity contribution is 5.26. The van der Waals surface area contributed by atoms with Gasteiger partial charge in [-0.05, 0) is 88.5 Å². The van der Waals surface area contributed by atoms with E-state index in [4.69, 9.17) is 0 Å². The summed E-state index contributed by atoms with van der Waals surface area (Å²) < 4.78 is 0. The molecule has 2 aliphatic carbocycles. The van der Waals surface area contributed by atoms with E-state index < -0.39 is 0 Å². The van der Waals surface area contributed by atoms with Gasteiger partial charge in [0.25, 0.3) is 0 Å². The Kier molecular flexibility index (Phi) is 5.75. The lowest BCUT2D eigenvalue weighted by atomic mass is 9.71. The zero-order valence-electron chi connectivity index (χ0n) is 14.9. The third kappa shape index (κ3) is 4.59. The van der Waals surface area contributed by atoms with Gasteiger partial charge < -0.3 is 0 Å². The Morgan fingerprint density at radius 2 is 1.70 bits per heavy atom. The van der Waals surface area contributed by atoms with Crippen molar-refractivity contribution in [1.82, 2.24) is 0 Å². The molecular formula is C23H32. The van der Waals surface area contributed by atoms with Crippen molar-refractivity contribution in [3.63, 3.8) is 0 Å². The predicted octanol–water partition coefficient (Wildman–Crippen LogP) is 6.65. The van der Waals surface area contributed by atoms with Crippen LogP contribution in [-0.2, 0) is 6.42 Å². The van der Waals surface area contributed by atoms with Gasteiger partial charge in [-0.2, -0.15) is 0 Å². The van der Waals surface area contributed by atoms with Gasteiger partial charge in [-0.3, -0.25) is 0 Å². The van der Waals surface area contributed by atoms with Gasteiger partial charge in [-0.15, -0.1) is 0 Å². The van der Waals surface area contributed by atoms with Crippen LogP contribution >= 0.6 is 0 Å². The molecule has 1 fully saturated rings. The summed E-state index contributed by atoms with van der Waals surface area (Å²) in [6, 6.07) is 9.07. The smallest absolute Gasteiger partial charge is 0.00671 e. The fourth-order valence-electron chi connectivity index (χ4n) is 4.55. The van der Waals surface area contributed by atoms with Gasteiger partial charge >= 0.3 is 0 Å². The Labute approximate surface area is 142 Å². The minimum Gasteiger partial charge on any atom is -0.0914 e. The van der Waals surface area contributed by atoms with Gasteiger partial charge in [0.05, 0.1) is 0 Å². The fourth-order valence-corrected chi connectivity index (χ4v) is 4.55. The van der Waals surface area contributed by atoms with Crippen LogP contribution < -0.4 is 0 Å². The lowest BCUT2D eigenvalue weighted by Crippen LogP contribution is -2.22. The molecule has 1 saturated carbocycles. The average Bonchev–Trinajstić information content (AvgIpc) is 2.59. The molecule has 0 saturated heterocycles. The lowest BCUT2D eigenvalue weighted by molar-refractivity contribution is 0.209. The maximum atomic E-state index is 2.58. The summed E-state index contributed by atoms with van der Waals surface area (Å²) in [5, 5.41) is 0. The molecule has 23 heavy (non-hydrogen) atoms. The topological polar surface area (TPSA) is 0 Å². The third-order valence-corrected chi connectivity index (χ3v) is 6.05. The molecule has 1 unspecified atom stereocenters. The molecular weight excluding hydrogens is 276 g/mol. The molecule has 1 atom stereocenters. The van der Waals surface area contributed by atoms with Crippen molar-refractivity contribution in [3.05, 3.63) is 59.2 Å². The molecule has 0 nitrogen and oxygen atoms in total. The first-order valence-corrected chi connectivity index (χ1v) is 9.61. The molecule has 0 amide bonds. The monoisotopic (exact) mass is 308 g/mol. The molecule has 2 aliphatic rings. The molecule has 124 valence electrons. The Hall–Kier alpha value is -1.30. The van der Waals surface area contributed by atoms with Crippen LogP contribution in [0.25, 0.3) is 0 Å². The Bertz CT molecular complexity index is 538. The first kappa shape index (κ1) is 16.6. The van der Waals surface area contributed by atoms with E-state index >= 15 is 0 Å². The molecule has 0 radical (unpaired) electrons. The van der Waals surface area contributed by atoms with Crippen molar-refractivity contribution >= 4 is 0 Å². The van der Waals surface area contributed by atoms with Crippen LogP contribution in [0.3, 0.4) is 0 Å². The van der Waals surface area contributed by atoms with E-state index in [1.165, 1.54) is 62.5 Å². The van der Waals surface area contributed by atoms with Crippen LogP contribution in [0.5, 0.6) is 0 Å². The van der Waals surface area contributed by atoms with E-state index in [0.717, 1.165) is 17.8 Å². The van der Waals surface area contributed by atoms with Crippen molar-refractivity contribution in [2.45, 2.75) is 65.2 Å². The van der Waals surface area contributed by atoms with Gasteiger partial charge in [0.15, 0.2) is 0 Å². The quantitative estimate of drug-likeness (QED) is 0.546. The molecule has 1 aromatic rings. The molecule has 1 aromatic carbocycles. The maximum Gasteiger partial charge on any atom is -0.00671 e. The molecule has 0 aromatic heterocycles. The molecule has 0 spiro atoms. The number of aryl methyl sites for hydroxylation is 1. The average molecular weight is 309 g/mol. The zero-order valence-corrected chi connectivity index (χ0v) is 14.9. The molecule has 3 rings (SSSR count). The van der Waals surface area contributed by atoms with E-state index in [2.05, 4.69) is 56.3 Å². The van der Waals surface area contributed by atoms with Gasteiger partial charge in [-0.25, -0.2) is 0 Å². The van der Waals surface area contributed by atoms with Gasteiger partial charge in [0.2, 0.25) is 0 Å². The second-order valence-electron chi connectivity index (χ2n) is 7.76. The first-order chi connectivity index (χ1) is 11.2. The summed E-state index contributed by atoms with van der Waals surface area (Å²) in [5.41, 5.74) is 4.51. The summed E-state index contributed by atoms with van der Waals surface area (Å²) in [5.74, 6) is 2.82. The minimum absolute atomic E-state index is 0.868. The van der Waals surface area contributed by atoms with Gasteiger partial charge in [0, 0.05) is 0 Å². The van der Waals surface area contributed by atoms with E-state index in [-0.39, 0.29) is 0 Å². The second kappa shape index (κ2) is 7.99. The van der Waals surface area contributed by atoms with Crippen LogP contribution in [0.2, 0.25) is 0 Å². The fraction of sp³-hybridized carbons (Fsp3) is 0.565. The SMILES string of the molecule is CC=CC1CCC(C2CC=C(Cc3ccc(C)cc3)CC2)CC1. The number of hydrogen-bond acceptors (Lipinski definition) is 0. The minimum atomic E-state index is 0.868. The summed E-state index contributed by atoms with van der Waals surface area (Å²) in [6.45, 7) is 4.33. The highest BCUT2D eigenvalue weighted by Crippen LogP contribution is 2.40. The van der Waals surface area contributed by atoms with Crippen LogP contribution in [0, 0.1) is 24.7 Å². The predicted molar refractivity (Wildman–Crippen MR) is 101 cm³/mol. The van der Waals surface area contributed by atoms with Crippen molar-refractivity contribution < 1.29 is 0 Å². The van der Waals surface area contributed by atoms with Gasteiger partial charge in [0.1, 0.15) is 0 Å². The normalized spacial score (nSPS) is 28.8. The van der Waals surface area contributed by atoms with Crippen molar-refractivity contribution in [3.8, 4) is 0 Å². The van der Waals surface area contributed by atoms with Crippen molar-refractivity contribution in [1.29, 1.82) is 0 Å². The summed E-state index contributed by atoms with van der Waals surface area (Å²) in [4.78, 5) is 0. The maximum absolute atomic E-state index is 2.58. The second-order valence-corrected chi connectivity index (χ2v) is 7.76. The number of allylic oxidation sites excluding steroid dienone is 4. The largest absolute Gasteiger partial charge is 0.0914 e. The van der Waals surface area contributed by atoms with Gasteiger partial charge in [-0.1, -0.05) is 53.6 Å². The number of benzene rings is 1. The van der Waals surface area contributed by atoms with E-state index in [9.17, 15) is 0 Å². The molecule has 0 heterocycles. The molecule has 0 bridgehead atoms. The standard InChI is InChI=1S/C23H32/c1-3-4-19-9-13-22(14-10-19)23-15-11-21(12-16-23)17-20-7-5-18(2)6-8-20/h3-8,11,19,22-23H,9-10,12-17H2,1-2H3. The summed E-state index contributed by atoms with van der Waals surface area (Å²) in [6.07, 6.45) is 18.3. The van der Waals surface area contributed by atoms with Crippen LogP contribution in [-0.4, -0.2) is 0 Å². The molecule has 0 aliphatic heterocycles. The van der Waals surface area contributed by atoms with E-state index in [1.807, 2.05) is 0 Å². The van der Waals surface area contributed by atoms with Crippen molar-refractivity contribution in [2.24, 2.45) is 17.8 Å². The Morgan fingerprint density at radius 3 is 2.30 bits per heavy atom. The van der Waals surface area contributed by atoms with Crippen LogP contribution in [0.1, 0.15) is 63.0 Å². The van der Waals surface area contributed by atoms with E-state index in [1.54, 1.807) is 5.57 Å². The van der Waals surface area contributed by atoms with Crippen molar-refractivity contribution in [2.75, 3.05) is 0 Å². The Balaban J connectivity index is 1.49. The van der Waals surface area contributed by atoms with Crippen LogP contribution in [0.4, 0.5) is 0 Å². The number of hydrogen-bond donors (Lipinski definition) is 0. The number of rotatable bonds is 4. The highest BCUT2D eigenvalue weighted by atomic mass is 14.3. The lowest BCUT2D eigenvalue weighted by Gasteiger charge is -2.34.